The summed E-state index contributed by atoms with van der Waals surface area (Å²) in [6, 6.07) is 4.35. The smallest absolute Gasteiger partial charge is 0.373 e. The van der Waals surface area contributed by atoms with Crippen molar-refractivity contribution in [2.24, 2.45) is 0 Å². The predicted molar refractivity (Wildman–Crippen MR) is 139 cm³/mol. The number of halogens is 9. The van der Waals surface area contributed by atoms with E-state index in [4.69, 9.17) is 4.74 Å². The number of ether oxygens (including phenoxy) is 1. The normalized spacial score (nSPS) is 23.0. The number of rotatable bonds is 6. The van der Waals surface area contributed by atoms with Gasteiger partial charge in [0.1, 0.15) is 0 Å². The van der Waals surface area contributed by atoms with Crippen LogP contribution in [0.2, 0.25) is 0 Å². The summed E-state index contributed by atoms with van der Waals surface area (Å²) >= 11 is 0. The maximum absolute atomic E-state index is 13.5. The number of nitrogens with zero attached hydrogens (tertiary/aromatic N) is 3. The summed E-state index contributed by atoms with van der Waals surface area (Å²) in [7, 11) is 0. The third-order valence-electron chi connectivity index (χ3n) is 7.64. The van der Waals surface area contributed by atoms with Gasteiger partial charge in [-0.1, -0.05) is 12.1 Å². The van der Waals surface area contributed by atoms with E-state index in [0.29, 0.717) is 37.3 Å². The van der Waals surface area contributed by atoms with E-state index in [9.17, 15) is 44.3 Å². The Kier molecular flexibility index (Phi) is 9.72. The lowest BCUT2D eigenvalue weighted by atomic mass is 9.98. The van der Waals surface area contributed by atoms with E-state index in [1.807, 2.05) is 18.7 Å². The Morgan fingerprint density at radius 3 is 1.74 bits per heavy atom. The molecule has 0 bridgehead atoms. The van der Waals surface area contributed by atoms with Crippen LogP contribution in [-0.4, -0.2) is 84.7 Å². The van der Waals surface area contributed by atoms with E-state index >= 15 is 0 Å². The van der Waals surface area contributed by atoms with E-state index < -0.39 is 52.7 Å². The molecule has 2 aromatic rings. The van der Waals surface area contributed by atoms with E-state index in [1.165, 1.54) is 17.0 Å². The lowest BCUT2D eigenvalue weighted by Gasteiger charge is -2.43. The highest BCUT2D eigenvalue weighted by Gasteiger charge is 2.39. The molecule has 0 aliphatic carbocycles. The largest absolute Gasteiger partial charge is 0.416 e. The zero-order chi connectivity index (χ0) is 31.7. The average molecular weight is 626 g/mol. The van der Waals surface area contributed by atoms with Crippen molar-refractivity contribution in [2.75, 3.05) is 45.8 Å². The van der Waals surface area contributed by atoms with Gasteiger partial charge in [0, 0.05) is 57.4 Å². The summed E-state index contributed by atoms with van der Waals surface area (Å²) in [6.07, 6.45) is -14.7. The number of alkyl halides is 9. The highest BCUT2D eigenvalue weighted by atomic mass is 19.4. The van der Waals surface area contributed by atoms with Crippen molar-refractivity contribution in [3.8, 4) is 0 Å². The molecule has 1 amide bonds. The van der Waals surface area contributed by atoms with Gasteiger partial charge in [0.05, 0.1) is 28.9 Å². The first-order chi connectivity index (χ1) is 19.9. The van der Waals surface area contributed by atoms with Gasteiger partial charge < -0.3 is 9.64 Å². The minimum Gasteiger partial charge on any atom is -0.373 e. The van der Waals surface area contributed by atoms with Gasteiger partial charge in [0.15, 0.2) is 0 Å². The van der Waals surface area contributed by atoms with Gasteiger partial charge in [-0.25, -0.2) is 0 Å². The fourth-order valence-electron chi connectivity index (χ4n) is 5.66. The summed E-state index contributed by atoms with van der Waals surface area (Å²) in [5, 5.41) is 0. The maximum Gasteiger partial charge on any atom is 0.416 e. The van der Waals surface area contributed by atoms with Crippen molar-refractivity contribution in [3.63, 3.8) is 0 Å². The van der Waals surface area contributed by atoms with Gasteiger partial charge in [0.25, 0.3) is 5.91 Å². The zero-order valence-electron chi connectivity index (χ0n) is 23.5. The van der Waals surface area contributed by atoms with Crippen LogP contribution >= 0.6 is 0 Å². The summed E-state index contributed by atoms with van der Waals surface area (Å²) < 4.78 is 126. The number of hydrogen-bond acceptors (Lipinski definition) is 4. The van der Waals surface area contributed by atoms with Crippen LogP contribution in [0.25, 0.3) is 0 Å². The second kappa shape index (κ2) is 12.6. The Hall–Kier alpha value is -2.84. The summed E-state index contributed by atoms with van der Waals surface area (Å²) in [5.41, 5.74) is -4.39. The zero-order valence-corrected chi connectivity index (χ0v) is 23.5. The molecule has 2 saturated heterocycles. The quantitative estimate of drug-likeness (QED) is 0.358. The number of morpholine rings is 1. The van der Waals surface area contributed by atoms with Crippen molar-refractivity contribution in [1.82, 2.24) is 14.7 Å². The monoisotopic (exact) mass is 625 g/mol. The Balaban J connectivity index is 1.59. The standard InChI is InChI=1S/C29H32F9N3O2/c1-18-15-40(16-19(2)43-18)8-7-39-9-10-41(25(17-39)11-20-3-5-22(6-4-20)27(30,31)32)26(42)21-12-23(28(33,34)35)14-24(13-21)29(36,37)38/h3-6,12-14,18-19,25H,7-11,15-17H2,1-2H3/t18?,19?,25-/m1/s1. The Morgan fingerprint density at radius 2 is 1.23 bits per heavy atom. The predicted octanol–water partition coefficient (Wildman–Crippen LogP) is 6.22. The highest BCUT2D eigenvalue weighted by Crippen LogP contribution is 2.37. The third kappa shape index (κ3) is 8.63. The van der Waals surface area contributed by atoms with Crippen LogP contribution in [0.4, 0.5) is 39.5 Å². The molecule has 4 rings (SSSR count). The molecule has 5 nitrogen and oxygen atoms in total. The first-order valence-electron chi connectivity index (χ1n) is 13.8. The molecule has 0 saturated carbocycles. The first-order valence-corrected chi connectivity index (χ1v) is 13.8. The fourth-order valence-corrected chi connectivity index (χ4v) is 5.66. The molecule has 2 heterocycles. The molecule has 2 aromatic carbocycles. The molecule has 2 aliphatic rings. The molecule has 2 fully saturated rings. The SMILES string of the molecule is CC1CN(CCN2CCN(C(=O)c3cc(C(F)(F)F)cc(C(F)(F)F)c3)[C@H](Cc3ccc(C(F)(F)F)cc3)C2)CC(C)O1. The topological polar surface area (TPSA) is 36.0 Å². The second-order valence-corrected chi connectivity index (χ2v) is 11.2. The number of benzene rings is 2. The number of amides is 1. The molecule has 0 radical (unpaired) electrons. The van der Waals surface area contributed by atoms with Crippen molar-refractivity contribution >= 4 is 5.91 Å². The van der Waals surface area contributed by atoms with Crippen molar-refractivity contribution in [1.29, 1.82) is 0 Å². The number of hydrogen-bond donors (Lipinski definition) is 0. The van der Waals surface area contributed by atoms with E-state index in [2.05, 4.69) is 4.90 Å². The summed E-state index contributed by atoms with van der Waals surface area (Å²) in [4.78, 5) is 19.0. The van der Waals surface area contributed by atoms with Crippen molar-refractivity contribution < 1.29 is 49.0 Å². The summed E-state index contributed by atoms with van der Waals surface area (Å²) in [6.45, 7) is 7.16. The van der Waals surface area contributed by atoms with Gasteiger partial charge in [-0.3, -0.25) is 14.6 Å². The van der Waals surface area contributed by atoms with Crippen LogP contribution in [0.1, 0.15) is 46.5 Å². The number of carbonyl (C=O) groups excluding carboxylic acids is 1. The summed E-state index contributed by atoms with van der Waals surface area (Å²) in [5.74, 6) is -1.01. The van der Waals surface area contributed by atoms with Gasteiger partial charge in [-0.05, 0) is 56.2 Å². The van der Waals surface area contributed by atoms with E-state index in [0.717, 1.165) is 25.2 Å². The highest BCUT2D eigenvalue weighted by molar-refractivity contribution is 5.95. The van der Waals surface area contributed by atoms with E-state index in [-0.39, 0.29) is 37.8 Å². The van der Waals surface area contributed by atoms with Crippen LogP contribution in [0.5, 0.6) is 0 Å². The molecular weight excluding hydrogens is 593 g/mol. The molecule has 238 valence electrons. The van der Waals surface area contributed by atoms with Crippen LogP contribution in [-0.2, 0) is 29.7 Å². The van der Waals surface area contributed by atoms with Crippen LogP contribution < -0.4 is 0 Å². The second-order valence-electron chi connectivity index (χ2n) is 11.2. The first kappa shape index (κ1) is 33.1. The molecule has 14 heteroatoms. The van der Waals surface area contributed by atoms with Gasteiger partial charge in [-0.15, -0.1) is 0 Å². The van der Waals surface area contributed by atoms with E-state index in [1.54, 1.807) is 0 Å². The van der Waals surface area contributed by atoms with Crippen molar-refractivity contribution in [3.05, 3.63) is 70.3 Å². The van der Waals surface area contributed by atoms with Crippen LogP contribution in [0.15, 0.2) is 42.5 Å². The van der Waals surface area contributed by atoms with Crippen LogP contribution in [0.3, 0.4) is 0 Å². The van der Waals surface area contributed by atoms with Gasteiger partial charge >= 0.3 is 18.5 Å². The number of carbonyl (C=O) groups is 1. The maximum atomic E-state index is 13.5. The lowest BCUT2D eigenvalue weighted by Crippen LogP contribution is -2.57. The minimum atomic E-state index is -5.12. The minimum absolute atomic E-state index is 0.0116. The molecule has 3 atom stereocenters. The van der Waals surface area contributed by atoms with Gasteiger partial charge in [0.2, 0.25) is 0 Å². The van der Waals surface area contributed by atoms with Crippen molar-refractivity contribution in [2.45, 2.75) is 57.0 Å². The molecule has 0 aromatic heterocycles. The average Bonchev–Trinajstić information content (AvgIpc) is 2.90. The molecule has 0 spiro atoms. The Morgan fingerprint density at radius 1 is 0.721 bits per heavy atom. The van der Waals surface area contributed by atoms with Crippen LogP contribution in [0, 0.1) is 0 Å². The molecule has 0 N–H and O–H groups in total. The Bertz CT molecular complexity index is 1220. The Labute approximate surface area is 243 Å². The molecule has 2 unspecified atom stereocenters. The fraction of sp³-hybridized carbons (Fsp3) is 0.552. The molecule has 2 aliphatic heterocycles. The molecule has 43 heavy (non-hydrogen) atoms. The molecular formula is C29H32F9N3O2. The third-order valence-corrected chi connectivity index (χ3v) is 7.64. The van der Waals surface area contributed by atoms with Gasteiger partial charge in [-0.2, -0.15) is 39.5 Å². The lowest BCUT2D eigenvalue weighted by molar-refractivity contribution is -0.143. The number of piperazine rings is 1.